The van der Waals surface area contributed by atoms with E-state index in [1.54, 1.807) is 32.5 Å². The van der Waals surface area contributed by atoms with Crippen LogP contribution in [0.1, 0.15) is 27.7 Å². The summed E-state index contributed by atoms with van der Waals surface area (Å²) in [4.78, 5) is 0. The van der Waals surface area contributed by atoms with E-state index in [1.165, 1.54) is 0 Å². The van der Waals surface area contributed by atoms with Gasteiger partial charge in [0, 0.05) is 17.5 Å². The highest BCUT2D eigenvalue weighted by Gasteiger charge is 2.28. The number of nitrogens with two attached hydrogens (primary N) is 1. The third kappa shape index (κ3) is 4.66. The van der Waals surface area contributed by atoms with Gasteiger partial charge in [-0.3, -0.25) is 0 Å². The van der Waals surface area contributed by atoms with E-state index in [2.05, 4.69) is 0 Å². The fourth-order valence-corrected chi connectivity index (χ4v) is 3.15. The van der Waals surface area contributed by atoms with Crippen molar-refractivity contribution in [1.29, 1.82) is 0 Å². The van der Waals surface area contributed by atoms with Crippen molar-refractivity contribution in [2.24, 2.45) is 5.73 Å². The molecule has 0 bridgehead atoms. The van der Waals surface area contributed by atoms with Crippen LogP contribution in [0.5, 0.6) is 0 Å². The third-order valence-corrected chi connectivity index (χ3v) is 6.09. The van der Waals surface area contributed by atoms with Gasteiger partial charge in [-0.2, -0.15) is 11.8 Å². The van der Waals surface area contributed by atoms with Crippen LogP contribution in [0.2, 0.25) is 0 Å². The van der Waals surface area contributed by atoms with Gasteiger partial charge in [-0.1, -0.05) is 6.92 Å². The zero-order valence-corrected chi connectivity index (χ0v) is 11.0. The number of rotatable bonds is 5. The minimum atomic E-state index is -2.96. The zero-order valence-electron chi connectivity index (χ0n) is 9.41. The summed E-state index contributed by atoms with van der Waals surface area (Å²) >= 11 is 1.62. The second kappa shape index (κ2) is 5.37. The Hall–Kier alpha value is 0.260. The molecule has 0 aliphatic rings. The molecule has 0 rings (SSSR count). The van der Waals surface area contributed by atoms with Gasteiger partial charge in [0.05, 0.1) is 10.5 Å². The lowest BCUT2D eigenvalue weighted by molar-refractivity contribution is 0.562. The summed E-state index contributed by atoms with van der Waals surface area (Å²) in [7, 11) is -2.96. The SMILES string of the molecule is CC(CN)SCCS(=O)(=O)C(C)(C)C. The number of thioether (sulfide) groups is 1. The van der Waals surface area contributed by atoms with Crippen molar-refractivity contribution < 1.29 is 8.42 Å². The smallest absolute Gasteiger partial charge is 0.155 e. The Morgan fingerprint density at radius 1 is 1.36 bits per heavy atom. The largest absolute Gasteiger partial charge is 0.329 e. The van der Waals surface area contributed by atoms with Crippen molar-refractivity contribution in [3.05, 3.63) is 0 Å². The lowest BCUT2D eigenvalue weighted by atomic mass is 10.3. The van der Waals surface area contributed by atoms with Crippen molar-refractivity contribution in [1.82, 2.24) is 0 Å². The van der Waals surface area contributed by atoms with Gasteiger partial charge in [-0.05, 0) is 20.8 Å². The Labute approximate surface area is 91.7 Å². The topological polar surface area (TPSA) is 60.2 Å². The summed E-state index contributed by atoms with van der Waals surface area (Å²) in [6.45, 7) is 7.81. The first-order valence-corrected chi connectivity index (χ1v) is 7.45. The summed E-state index contributed by atoms with van der Waals surface area (Å²) in [6.07, 6.45) is 0. The first-order valence-electron chi connectivity index (χ1n) is 4.74. The molecule has 0 saturated heterocycles. The summed E-state index contributed by atoms with van der Waals surface area (Å²) in [5.74, 6) is 0.878. The minimum Gasteiger partial charge on any atom is -0.329 e. The summed E-state index contributed by atoms with van der Waals surface area (Å²) in [5.41, 5.74) is 5.44. The van der Waals surface area contributed by atoms with Crippen molar-refractivity contribution >= 4 is 21.6 Å². The van der Waals surface area contributed by atoms with Crippen LogP contribution in [0.15, 0.2) is 0 Å². The average Bonchev–Trinajstić information content (AvgIpc) is 2.01. The fourth-order valence-electron chi connectivity index (χ4n) is 0.733. The highest BCUT2D eigenvalue weighted by Crippen LogP contribution is 2.18. The van der Waals surface area contributed by atoms with Gasteiger partial charge in [0.1, 0.15) is 0 Å². The molecule has 0 aromatic rings. The molecule has 14 heavy (non-hydrogen) atoms. The van der Waals surface area contributed by atoms with Crippen molar-refractivity contribution in [3.8, 4) is 0 Å². The molecular formula is C9H21NO2S2. The molecule has 0 aliphatic heterocycles. The zero-order chi connectivity index (χ0) is 11.4. The molecule has 0 aliphatic carbocycles. The maximum atomic E-state index is 11.7. The quantitative estimate of drug-likeness (QED) is 0.785. The van der Waals surface area contributed by atoms with Gasteiger partial charge in [-0.25, -0.2) is 8.42 Å². The van der Waals surface area contributed by atoms with E-state index >= 15 is 0 Å². The Kier molecular flexibility index (Phi) is 5.47. The molecule has 0 aromatic heterocycles. The molecule has 1 unspecified atom stereocenters. The molecule has 0 spiro atoms. The van der Waals surface area contributed by atoms with Crippen LogP contribution in [0.4, 0.5) is 0 Å². The summed E-state index contributed by atoms with van der Waals surface area (Å²) in [6, 6.07) is 0. The molecule has 3 nitrogen and oxygen atoms in total. The molecule has 5 heteroatoms. The molecule has 2 N–H and O–H groups in total. The Balaban J connectivity index is 4.03. The van der Waals surface area contributed by atoms with Crippen LogP contribution in [0.25, 0.3) is 0 Å². The Morgan fingerprint density at radius 2 is 1.86 bits per heavy atom. The molecule has 0 amide bonds. The monoisotopic (exact) mass is 239 g/mol. The number of sulfone groups is 1. The molecule has 0 saturated carbocycles. The fraction of sp³-hybridized carbons (Fsp3) is 1.00. The first kappa shape index (κ1) is 14.3. The van der Waals surface area contributed by atoms with E-state index < -0.39 is 14.6 Å². The highest BCUT2D eigenvalue weighted by atomic mass is 32.2. The molecule has 86 valence electrons. The van der Waals surface area contributed by atoms with E-state index in [1.807, 2.05) is 6.92 Å². The first-order chi connectivity index (χ1) is 6.20. The Morgan fingerprint density at radius 3 is 2.21 bits per heavy atom. The lowest BCUT2D eigenvalue weighted by Crippen LogP contribution is -2.31. The second-order valence-corrected chi connectivity index (χ2v) is 8.76. The van der Waals surface area contributed by atoms with Crippen LogP contribution >= 0.6 is 11.8 Å². The van der Waals surface area contributed by atoms with Crippen LogP contribution in [-0.4, -0.2) is 36.5 Å². The highest BCUT2D eigenvalue weighted by molar-refractivity contribution is 8.01. The molecule has 1 atom stereocenters. The number of hydrogen-bond donors (Lipinski definition) is 1. The summed E-state index contributed by atoms with van der Waals surface area (Å²) < 4.78 is 22.7. The molecule has 0 fully saturated rings. The minimum absolute atomic E-state index is 0.242. The average molecular weight is 239 g/mol. The van der Waals surface area contributed by atoms with Crippen LogP contribution < -0.4 is 5.73 Å². The second-order valence-electron chi connectivity index (χ2n) is 4.35. The van der Waals surface area contributed by atoms with Gasteiger partial charge < -0.3 is 5.73 Å². The standard InChI is InChI=1S/C9H21NO2S2/c1-8(7-10)13-5-6-14(11,12)9(2,3)4/h8H,5-7,10H2,1-4H3. The van der Waals surface area contributed by atoms with E-state index in [0.29, 0.717) is 17.5 Å². The van der Waals surface area contributed by atoms with E-state index in [0.717, 1.165) is 0 Å². The van der Waals surface area contributed by atoms with Crippen LogP contribution in [0.3, 0.4) is 0 Å². The predicted octanol–water partition coefficient (Wildman–Crippen LogP) is 1.28. The molecule has 0 heterocycles. The van der Waals surface area contributed by atoms with E-state index in [9.17, 15) is 8.42 Å². The lowest BCUT2D eigenvalue weighted by Gasteiger charge is -2.19. The van der Waals surface area contributed by atoms with Gasteiger partial charge in [0.15, 0.2) is 9.84 Å². The van der Waals surface area contributed by atoms with Gasteiger partial charge >= 0.3 is 0 Å². The van der Waals surface area contributed by atoms with Gasteiger partial charge in [0.25, 0.3) is 0 Å². The molecule has 0 aromatic carbocycles. The van der Waals surface area contributed by atoms with Crippen LogP contribution in [-0.2, 0) is 9.84 Å². The number of hydrogen-bond acceptors (Lipinski definition) is 4. The maximum Gasteiger partial charge on any atom is 0.155 e. The molecule has 0 radical (unpaired) electrons. The maximum absolute atomic E-state index is 11.7. The van der Waals surface area contributed by atoms with E-state index in [4.69, 9.17) is 5.73 Å². The normalized spacial score (nSPS) is 15.5. The predicted molar refractivity (Wildman–Crippen MR) is 64.5 cm³/mol. The van der Waals surface area contributed by atoms with Crippen LogP contribution in [0, 0.1) is 0 Å². The third-order valence-electron chi connectivity index (χ3n) is 2.02. The van der Waals surface area contributed by atoms with E-state index in [-0.39, 0.29) is 5.75 Å². The molecular weight excluding hydrogens is 218 g/mol. The van der Waals surface area contributed by atoms with Crippen molar-refractivity contribution in [2.45, 2.75) is 37.7 Å². The van der Waals surface area contributed by atoms with Crippen molar-refractivity contribution in [3.63, 3.8) is 0 Å². The van der Waals surface area contributed by atoms with Crippen molar-refractivity contribution in [2.75, 3.05) is 18.1 Å². The Bertz CT molecular complexity index is 254. The van der Waals surface area contributed by atoms with Gasteiger partial charge in [-0.15, -0.1) is 0 Å². The van der Waals surface area contributed by atoms with Gasteiger partial charge in [0.2, 0.25) is 0 Å². The summed E-state index contributed by atoms with van der Waals surface area (Å²) in [5, 5.41) is 0.338.